The first-order valence-electron chi connectivity index (χ1n) is 5.56. The molecule has 1 atom stereocenters. The van der Waals surface area contributed by atoms with Gasteiger partial charge in [-0.05, 0) is 24.1 Å². The summed E-state index contributed by atoms with van der Waals surface area (Å²) in [6, 6.07) is 6.36. The van der Waals surface area contributed by atoms with Gasteiger partial charge in [0, 0.05) is 12.5 Å². The lowest BCUT2D eigenvalue weighted by atomic mass is 9.95. The second-order valence-electron chi connectivity index (χ2n) is 3.95. The van der Waals surface area contributed by atoms with Gasteiger partial charge in [-0.2, -0.15) is 8.42 Å². The van der Waals surface area contributed by atoms with Crippen molar-refractivity contribution in [3.05, 3.63) is 35.6 Å². The van der Waals surface area contributed by atoms with Crippen LogP contribution in [0.2, 0.25) is 0 Å². The molecule has 6 heteroatoms. The highest BCUT2D eigenvalue weighted by molar-refractivity contribution is 7.85. The number of halogens is 1. The van der Waals surface area contributed by atoms with E-state index in [2.05, 4.69) is 6.92 Å². The van der Waals surface area contributed by atoms with Gasteiger partial charge < -0.3 is 5.11 Å². The van der Waals surface area contributed by atoms with Gasteiger partial charge in [-0.25, -0.2) is 4.39 Å². The summed E-state index contributed by atoms with van der Waals surface area (Å²) in [7, 11) is -3.67. The Bertz CT molecular complexity index is 420. The third-order valence-electron chi connectivity index (χ3n) is 2.20. The summed E-state index contributed by atoms with van der Waals surface area (Å²) >= 11 is 0. The van der Waals surface area contributed by atoms with E-state index in [1.807, 2.05) is 0 Å². The van der Waals surface area contributed by atoms with E-state index in [9.17, 15) is 12.8 Å². The van der Waals surface area contributed by atoms with E-state index in [4.69, 9.17) is 9.66 Å². The van der Waals surface area contributed by atoms with Crippen LogP contribution in [-0.4, -0.2) is 30.9 Å². The van der Waals surface area contributed by atoms with E-state index in [0.29, 0.717) is 6.26 Å². The first kappa shape index (κ1) is 17.0. The molecule has 0 saturated carbocycles. The van der Waals surface area contributed by atoms with E-state index >= 15 is 0 Å². The van der Waals surface area contributed by atoms with E-state index in [0.717, 1.165) is 18.4 Å². The molecule has 1 rings (SSSR count). The van der Waals surface area contributed by atoms with Crippen LogP contribution in [0.5, 0.6) is 0 Å². The van der Waals surface area contributed by atoms with Gasteiger partial charge in [-0.1, -0.05) is 25.5 Å². The van der Waals surface area contributed by atoms with Crippen molar-refractivity contribution >= 4 is 10.1 Å². The molecule has 18 heavy (non-hydrogen) atoms. The van der Waals surface area contributed by atoms with Crippen molar-refractivity contribution in [2.24, 2.45) is 0 Å². The average molecular weight is 278 g/mol. The van der Waals surface area contributed by atoms with Crippen molar-refractivity contribution in [1.82, 2.24) is 0 Å². The number of aliphatic hydroxyl groups is 1. The van der Waals surface area contributed by atoms with Gasteiger partial charge >= 0.3 is 0 Å². The number of aliphatic hydroxyl groups excluding tert-OH is 1. The summed E-state index contributed by atoms with van der Waals surface area (Å²) in [5.41, 5.74) is 1.02. The molecule has 1 aromatic carbocycles. The maximum Gasteiger partial charge on any atom is 0.261 e. The smallest absolute Gasteiger partial charge is 0.261 e. The topological polar surface area (TPSA) is 74.6 Å². The zero-order valence-corrected chi connectivity index (χ0v) is 11.3. The molecule has 104 valence electrons. The zero-order valence-electron chi connectivity index (χ0n) is 10.5. The van der Waals surface area contributed by atoms with Crippen LogP contribution in [-0.2, 0) is 10.1 Å². The van der Waals surface area contributed by atoms with Gasteiger partial charge in [0.25, 0.3) is 10.1 Å². The number of rotatable bonds is 4. The van der Waals surface area contributed by atoms with Gasteiger partial charge in [0.1, 0.15) is 5.82 Å². The molecular formula is C12H19FO4S. The van der Waals surface area contributed by atoms with Gasteiger partial charge in [-0.15, -0.1) is 0 Å². The van der Waals surface area contributed by atoms with Crippen molar-refractivity contribution in [2.75, 3.05) is 12.9 Å². The minimum absolute atomic E-state index is 0.138. The maximum absolute atomic E-state index is 12.6. The molecule has 1 aromatic rings. The van der Waals surface area contributed by atoms with Crippen LogP contribution >= 0.6 is 0 Å². The highest BCUT2D eigenvalue weighted by atomic mass is 32.2. The lowest BCUT2D eigenvalue weighted by Gasteiger charge is -2.12. The van der Waals surface area contributed by atoms with Gasteiger partial charge in [0.2, 0.25) is 0 Å². The first-order valence-corrected chi connectivity index (χ1v) is 7.41. The number of benzene rings is 1. The third-order valence-corrected chi connectivity index (χ3v) is 2.20. The summed E-state index contributed by atoms with van der Waals surface area (Å²) < 4.78 is 38.4. The normalized spacial score (nSPS) is 12.5. The quantitative estimate of drug-likeness (QED) is 0.828. The zero-order chi connectivity index (χ0) is 14.2. The Morgan fingerprint density at radius 1 is 1.28 bits per heavy atom. The molecule has 0 radical (unpaired) electrons. The minimum atomic E-state index is -3.67. The standard InChI is InChI=1S/C11H15FO.CH4O3S/c1-2-3-10(8-13)9-4-6-11(12)7-5-9;1-5(2,3)4/h4-7,10,13H,2-3,8H2,1H3;1H3,(H,2,3,4). The predicted octanol–water partition coefficient (Wildman–Crippen LogP) is 2.21. The van der Waals surface area contributed by atoms with Crippen LogP contribution in [0, 0.1) is 5.82 Å². The molecule has 0 amide bonds. The van der Waals surface area contributed by atoms with Crippen molar-refractivity contribution in [3.63, 3.8) is 0 Å². The fourth-order valence-corrected chi connectivity index (χ4v) is 1.45. The Hall–Kier alpha value is -0.980. The summed E-state index contributed by atoms with van der Waals surface area (Å²) in [5, 5.41) is 9.09. The molecule has 0 aromatic heterocycles. The number of hydrogen-bond donors (Lipinski definition) is 2. The predicted molar refractivity (Wildman–Crippen MR) is 68.6 cm³/mol. The fourth-order valence-electron chi connectivity index (χ4n) is 1.45. The second-order valence-corrected chi connectivity index (χ2v) is 5.42. The van der Waals surface area contributed by atoms with Crippen molar-refractivity contribution in [1.29, 1.82) is 0 Å². The highest BCUT2D eigenvalue weighted by Crippen LogP contribution is 2.20. The fraction of sp³-hybridized carbons (Fsp3) is 0.500. The van der Waals surface area contributed by atoms with E-state index in [1.54, 1.807) is 12.1 Å². The molecule has 0 aliphatic heterocycles. The molecule has 0 fully saturated rings. The maximum atomic E-state index is 12.6. The van der Waals surface area contributed by atoms with Gasteiger partial charge in [-0.3, -0.25) is 4.55 Å². The van der Waals surface area contributed by atoms with Crippen LogP contribution in [0.3, 0.4) is 0 Å². The molecule has 0 heterocycles. The molecule has 0 aliphatic carbocycles. The Kier molecular flexibility index (Phi) is 7.73. The summed E-state index contributed by atoms with van der Waals surface area (Å²) in [6.45, 7) is 2.21. The Labute approximate surface area is 107 Å². The molecule has 4 nitrogen and oxygen atoms in total. The Morgan fingerprint density at radius 3 is 2.06 bits per heavy atom. The SMILES string of the molecule is CCCC(CO)c1ccc(F)cc1.CS(=O)(=O)O. The first-order chi connectivity index (χ1) is 8.27. The second kappa shape index (κ2) is 8.18. The lowest BCUT2D eigenvalue weighted by Crippen LogP contribution is -2.03. The van der Waals surface area contributed by atoms with E-state index < -0.39 is 10.1 Å². The summed E-state index contributed by atoms with van der Waals surface area (Å²) in [6.07, 6.45) is 2.69. The van der Waals surface area contributed by atoms with Crippen LogP contribution in [0.1, 0.15) is 31.2 Å². The summed E-state index contributed by atoms with van der Waals surface area (Å²) in [4.78, 5) is 0. The third kappa shape index (κ3) is 9.09. The van der Waals surface area contributed by atoms with Crippen LogP contribution in [0.15, 0.2) is 24.3 Å². The molecule has 0 aliphatic rings. The monoisotopic (exact) mass is 278 g/mol. The van der Waals surface area contributed by atoms with E-state index in [1.165, 1.54) is 12.1 Å². The lowest BCUT2D eigenvalue weighted by molar-refractivity contribution is 0.258. The van der Waals surface area contributed by atoms with Crippen LogP contribution in [0.25, 0.3) is 0 Å². The van der Waals surface area contributed by atoms with E-state index in [-0.39, 0.29) is 18.3 Å². The van der Waals surface area contributed by atoms with Crippen molar-refractivity contribution in [2.45, 2.75) is 25.7 Å². The summed E-state index contributed by atoms with van der Waals surface area (Å²) in [5.74, 6) is -0.0671. The Morgan fingerprint density at radius 2 is 1.72 bits per heavy atom. The van der Waals surface area contributed by atoms with Crippen LogP contribution in [0.4, 0.5) is 4.39 Å². The molecule has 0 saturated heterocycles. The van der Waals surface area contributed by atoms with Gasteiger partial charge in [0.15, 0.2) is 0 Å². The van der Waals surface area contributed by atoms with Crippen LogP contribution < -0.4 is 0 Å². The molecule has 0 spiro atoms. The largest absolute Gasteiger partial charge is 0.396 e. The van der Waals surface area contributed by atoms with Crippen molar-refractivity contribution < 1.29 is 22.5 Å². The molecular weight excluding hydrogens is 259 g/mol. The average Bonchev–Trinajstić information content (AvgIpc) is 2.25. The van der Waals surface area contributed by atoms with Crippen molar-refractivity contribution in [3.8, 4) is 0 Å². The molecule has 1 unspecified atom stereocenters. The Balaban J connectivity index is 0.000000494. The van der Waals surface area contributed by atoms with Gasteiger partial charge in [0.05, 0.1) is 6.26 Å². The number of hydrogen-bond acceptors (Lipinski definition) is 3. The molecule has 2 N–H and O–H groups in total. The minimum Gasteiger partial charge on any atom is -0.396 e. The molecule has 0 bridgehead atoms. The highest BCUT2D eigenvalue weighted by Gasteiger charge is 2.08.